The number of rotatable bonds is 3. The minimum atomic E-state index is 0.749. The van der Waals surface area contributed by atoms with Gasteiger partial charge in [0.1, 0.15) is 5.82 Å². The molecule has 2 rings (SSSR count). The van der Waals surface area contributed by atoms with Crippen LogP contribution in [-0.2, 0) is 0 Å². The van der Waals surface area contributed by atoms with E-state index < -0.39 is 0 Å². The summed E-state index contributed by atoms with van der Waals surface area (Å²) >= 11 is 0. The fraction of sp³-hybridized carbons (Fsp3) is 0.143. The molecule has 0 radical (unpaired) electrons. The molecule has 0 saturated carbocycles. The van der Waals surface area contributed by atoms with Gasteiger partial charge in [-0.05, 0) is 31.5 Å². The average Bonchev–Trinajstić information content (AvgIpc) is 2.38. The highest BCUT2D eigenvalue weighted by molar-refractivity contribution is 5.99. The van der Waals surface area contributed by atoms with Gasteiger partial charge in [0.05, 0.1) is 5.71 Å². The van der Waals surface area contributed by atoms with Gasteiger partial charge in [-0.25, -0.2) is 4.98 Å². The summed E-state index contributed by atoms with van der Waals surface area (Å²) in [6.45, 7) is 4.04. The van der Waals surface area contributed by atoms with Crippen molar-refractivity contribution in [2.75, 3.05) is 5.43 Å². The Morgan fingerprint density at radius 1 is 1.12 bits per heavy atom. The molecule has 0 fully saturated rings. The Morgan fingerprint density at radius 2 is 1.88 bits per heavy atom. The van der Waals surface area contributed by atoms with Crippen molar-refractivity contribution in [3.05, 3.63) is 59.8 Å². The van der Waals surface area contributed by atoms with Crippen LogP contribution in [0.4, 0.5) is 5.82 Å². The van der Waals surface area contributed by atoms with E-state index in [2.05, 4.69) is 46.7 Å². The number of nitrogens with one attached hydrogen (secondary N) is 1. The van der Waals surface area contributed by atoms with E-state index in [-0.39, 0.29) is 0 Å². The Hall–Kier alpha value is -2.16. The number of pyridine rings is 1. The van der Waals surface area contributed by atoms with Gasteiger partial charge in [-0.15, -0.1) is 0 Å². The monoisotopic (exact) mass is 225 g/mol. The minimum Gasteiger partial charge on any atom is -0.261 e. The molecule has 0 saturated heterocycles. The summed E-state index contributed by atoms with van der Waals surface area (Å²) in [6.07, 6.45) is 1.74. The van der Waals surface area contributed by atoms with Crippen LogP contribution in [0.2, 0.25) is 0 Å². The molecule has 17 heavy (non-hydrogen) atoms. The van der Waals surface area contributed by atoms with Crippen molar-refractivity contribution < 1.29 is 0 Å². The van der Waals surface area contributed by atoms with Gasteiger partial charge in [-0.2, -0.15) is 5.10 Å². The summed E-state index contributed by atoms with van der Waals surface area (Å²) in [7, 11) is 0. The van der Waals surface area contributed by atoms with E-state index in [1.807, 2.05) is 25.1 Å². The topological polar surface area (TPSA) is 37.3 Å². The molecule has 86 valence electrons. The Labute approximate surface area is 101 Å². The largest absolute Gasteiger partial charge is 0.261 e. The standard InChI is InChI=1S/C14H15N3/c1-11-6-8-13(9-7-11)12(2)16-17-14-5-3-4-10-15-14/h3-10H,1-2H3,(H,15,17). The first-order chi connectivity index (χ1) is 8.25. The van der Waals surface area contributed by atoms with Crippen LogP contribution in [0, 0.1) is 6.92 Å². The number of benzene rings is 1. The van der Waals surface area contributed by atoms with Crippen LogP contribution in [-0.4, -0.2) is 10.7 Å². The highest BCUT2D eigenvalue weighted by Gasteiger charge is 1.96. The van der Waals surface area contributed by atoms with E-state index >= 15 is 0 Å². The zero-order chi connectivity index (χ0) is 12.1. The number of hydrogen-bond donors (Lipinski definition) is 1. The van der Waals surface area contributed by atoms with Crippen molar-refractivity contribution in [1.82, 2.24) is 4.98 Å². The van der Waals surface area contributed by atoms with Crippen molar-refractivity contribution in [2.24, 2.45) is 5.10 Å². The van der Waals surface area contributed by atoms with Gasteiger partial charge in [0.15, 0.2) is 0 Å². The molecule has 1 aromatic carbocycles. The van der Waals surface area contributed by atoms with Crippen LogP contribution in [0.3, 0.4) is 0 Å². The summed E-state index contributed by atoms with van der Waals surface area (Å²) in [6, 6.07) is 14.0. The highest BCUT2D eigenvalue weighted by atomic mass is 15.3. The quantitative estimate of drug-likeness (QED) is 0.643. The zero-order valence-electron chi connectivity index (χ0n) is 10.0. The zero-order valence-corrected chi connectivity index (χ0v) is 10.0. The van der Waals surface area contributed by atoms with Gasteiger partial charge in [-0.3, -0.25) is 5.43 Å². The third-order valence-electron chi connectivity index (χ3n) is 2.47. The maximum Gasteiger partial charge on any atom is 0.146 e. The third-order valence-corrected chi connectivity index (χ3v) is 2.47. The average molecular weight is 225 g/mol. The molecule has 0 bridgehead atoms. The Bertz CT molecular complexity index is 501. The Balaban J connectivity index is 2.10. The van der Waals surface area contributed by atoms with Crippen molar-refractivity contribution in [3.8, 4) is 0 Å². The second kappa shape index (κ2) is 5.25. The van der Waals surface area contributed by atoms with E-state index in [1.165, 1.54) is 5.56 Å². The predicted octanol–water partition coefficient (Wildman–Crippen LogP) is 3.23. The highest BCUT2D eigenvalue weighted by Crippen LogP contribution is 2.06. The van der Waals surface area contributed by atoms with E-state index in [4.69, 9.17) is 0 Å². The lowest BCUT2D eigenvalue weighted by atomic mass is 10.1. The third kappa shape index (κ3) is 3.14. The van der Waals surface area contributed by atoms with Crippen molar-refractivity contribution in [3.63, 3.8) is 0 Å². The molecule has 1 aromatic heterocycles. The first kappa shape index (κ1) is 11.3. The number of aryl methyl sites for hydroxylation is 1. The molecule has 1 heterocycles. The lowest BCUT2D eigenvalue weighted by molar-refractivity contribution is 1.22. The van der Waals surface area contributed by atoms with Gasteiger partial charge in [0.25, 0.3) is 0 Å². The molecule has 0 amide bonds. The van der Waals surface area contributed by atoms with Crippen LogP contribution >= 0.6 is 0 Å². The Morgan fingerprint density at radius 3 is 2.53 bits per heavy atom. The molecule has 0 aliphatic heterocycles. The molecule has 0 atom stereocenters. The van der Waals surface area contributed by atoms with Crippen LogP contribution < -0.4 is 5.43 Å². The normalized spacial score (nSPS) is 11.3. The van der Waals surface area contributed by atoms with E-state index in [9.17, 15) is 0 Å². The molecule has 2 aromatic rings. The summed E-state index contributed by atoms with van der Waals surface area (Å²) in [5.41, 5.74) is 6.23. The lowest BCUT2D eigenvalue weighted by Crippen LogP contribution is -2.00. The first-order valence-electron chi connectivity index (χ1n) is 5.54. The first-order valence-corrected chi connectivity index (χ1v) is 5.54. The van der Waals surface area contributed by atoms with E-state index in [0.29, 0.717) is 0 Å². The summed E-state index contributed by atoms with van der Waals surface area (Å²) in [4.78, 5) is 4.14. The fourth-order valence-electron chi connectivity index (χ4n) is 1.43. The smallest absolute Gasteiger partial charge is 0.146 e. The van der Waals surface area contributed by atoms with Crippen molar-refractivity contribution in [2.45, 2.75) is 13.8 Å². The summed E-state index contributed by atoms with van der Waals surface area (Å²) in [5, 5.41) is 4.30. The summed E-state index contributed by atoms with van der Waals surface area (Å²) in [5.74, 6) is 0.749. The fourth-order valence-corrected chi connectivity index (χ4v) is 1.43. The molecule has 0 aliphatic carbocycles. The van der Waals surface area contributed by atoms with Crippen molar-refractivity contribution in [1.29, 1.82) is 0 Å². The molecule has 0 spiro atoms. The van der Waals surface area contributed by atoms with Crippen LogP contribution in [0.25, 0.3) is 0 Å². The molecule has 3 heteroatoms. The molecule has 0 aliphatic rings. The maximum absolute atomic E-state index is 4.30. The minimum absolute atomic E-state index is 0.749. The number of hydrazone groups is 1. The number of hydrogen-bond acceptors (Lipinski definition) is 3. The van der Waals surface area contributed by atoms with Crippen LogP contribution in [0.15, 0.2) is 53.8 Å². The predicted molar refractivity (Wildman–Crippen MR) is 71.2 cm³/mol. The molecule has 1 N–H and O–H groups in total. The number of nitrogens with zero attached hydrogens (tertiary/aromatic N) is 2. The SMILES string of the molecule is CC(=NNc1ccccn1)c1ccc(C)cc1. The van der Waals surface area contributed by atoms with Crippen LogP contribution in [0.5, 0.6) is 0 Å². The Kier molecular flexibility index (Phi) is 3.50. The van der Waals surface area contributed by atoms with E-state index in [1.54, 1.807) is 6.20 Å². The molecular weight excluding hydrogens is 210 g/mol. The van der Waals surface area contributed by atoms with Gasteiger partial charge in [-0.1, -0.05) is 35.9 Å². The van der Waals surface area contributed by atoms with E-state index in [0.717, 1.165) is 17.1 Å². The number of aromatic nitrogens is 1. The van der Waals surface area contributed by atoms with Gasteiger partial charge in [0.2, 0.25) is 0 Å². The second-order valence-electron chi connectivity index (χ2n) is 3.89. The second-order valence-corrected chi connectivity index (χ2v) is 3.89. The maximum atomic E-state index is 4.30. The van der Waals surface area contributed by atoms with Crippen molar-refractivity contribution >= 4 is 11.5 Å². The van der Waals surface area contributed by atoms with Gasteiger partial charge in [0, 0.05) is 6.20 Å². The van der Waals surface area contributed by atoms with Gasteiger partial charge >= 0.3 is 0 Å². The molecule has 0 unspecified atom stereocenters. The summed E-state index contributed by atoms with van der Waals surface area (Å²) < 4.78 is 0. The van der Waals surface area contributed by atoms with Crippen LogP contribution in [0.1, 0.15) is 18.1 Å². The van der Waals surface area contributed by atoms with Gasteiger partial charge < -0.3 is 0 Å². The molecule has 3 nitrogen and oxygen atoms in total. The number of anilines is 1. The molecular formula is C14H15N3. The lowest BCUT2D eigenvalue weighted by Gasteiger charge is -2.03.